The van der Waals surface area contributed by atoms with E-state index in [-0.39, 0.29) is 18.2 Å². The molecule has 2 atom stereocenters. The summed E-state index contributed by atoms with van der Waals surface area (Å²) in [6.07, 6.45) is 1.29. The van der Waals surface area contributed by atoms with Crippen LogP contribution in [0.5, 0.6) is 0 Å². The third kappa shape index (κ3) is 4.77. The summed E-state index contributed by atoms with van der Waals surface area (Å²) in [7, 11) is 0. The number of likely N-dealkylation sites (tertiary alicyclic amines) is 1. The highest BCUT2D eigenvalue weighted by molar-refractivity contribution is 9.10. The van der Waals surface area contributed by atoms with Crippen LogP contribution in [0.15, 0.2) is 22.8 Å². The summed E-state index contributed by atoms with van der Waals surface area (Å²) in [6.45, 7) is 7.43. The van der Waals surface area contributed by atoms with Crippen LogP contribution in [-0.2, 0) is 16.0 Å². The average Bonchev–Trinajstić information content (AvgIpc) is 2.78. The van der Waals surface area contributed by atoms with Gasteiger partial charge in [-0.05, 0) is 68.6 Å². The summed E-state index contributed by atoms with van der Waals surface area (Å²) >= 11 is 3.31. The zero-order valence-electron chi connectivity index (χ0n) is 14.0. The molecule has 0 radical (unpaired) electrons. The highest BCUT2D eigenvalue weighted by Crippen LogP contribution is 2.27. The second-order valence-corrected chi connectivity index (χ2v) is 7.74. The minimum Gasteiger partial charge on any atom is -0.444 e. The van der Waals surface area contributed by atoms with Crippen LogP contribution in [0.3, 0.4) is 0 Å². The summed E-state index contributed by atoms with van der Waals surface area (Å²) in [4.78, 5) is 31.0. The summed E-state index contributed by atoms with van der Waals surface area (Å²) in [6, 6.07) is 5.06. The zero-order chi connectivity index (χ0) is 17.2. The minimum atomic E-state index is -0.571. The van der Waals surface area contributed by atoms with E-state index >= 15 is 0 Å². The number of carbonyl (C=O) groups excluding carboxylic acids is 2. The smallest absolute Gasteiger partial charge is 0.411 e. The minimum absolute atomic E-state index is 0.00538. The number of hydrogen-bond donors (Lipinski definition) is 0. The highest BCUT2D eigenvalue weighted by Gasteiger charge is 2.40. The number of nitrogens with zero attached hydrogens (tertiary/aromatic N) is 2. The van der Waals surface area contributed by atoms with Crippen molar-refractivity contribution in [2.24, 2.45) is 0 Å². The summed E-state index contributed by atoms with van der Waals surface area (Å²) in [5.74, 6) is 0.00538. The lowest BCUT2D eigenvalue weighted by Crippen LogP contribution is -2.46. The number of carbonyl (C=O) groups is 2. The van der Waals surface area contributed by atoms with Crippen LogP contribution in [0.4, 0.5) is 4.79 Å². The predicted molar refractivity (Wildman–Crippen MR) is 91.2 cm³/mol. The molecule has 23 heavy (non-hydrogen) atoms. The van der Waals surface area contributed by atoms with E-state index in [0.717, 1.165) is 6.42 Å². The lowest BCUT2D eigenvalue weighted by Gasteiger charge is -2.30. The molecule has 0 bridgehead atoms. The lowest BCUT2D eigenvalue weighted by atomic mass is 10.1. The second kappa shape index (κ2) is 6.99. The number of ketones is 1. The number of ether oxygens (including phenoxy) is 1. The van der Waals surface area contributed by atoms with Crippen molar-refractivity contribution in [2.75, 3.05) is 0 Å². The highest BCUT2D eigenvalue weighted by atomic mass is 79.9. The van der Waals surface area contributed by atoms with E-state index in [1.165, 1.54) is 0 Å². The summed E-state index contributed by atoms with van der Waals surface area (Å²) in [5.41, 5.74) is 0.131. The molecule has 1 amide bonds. The van der Waals surface area contributed by atoms with Gasteiger partial charge in [-0.3, -0.25) is 9.69 Å². The first kappa shape index (κ1) is 17.9. The Kier molecular flexibility index (Phi) is 5.45. The predicted octanol–water partition coefficient (Wildman–Crippen LogP) is 3.74. The van der Waals surface area contributed by atoms with Crippen LogP contribution >= 0.6 is 15.9 Å². The van der Waals surface area contributed by atoms with Crippen molar-refractivity contribution in [3.8, 4) is 0 Å². The van der Waals surface area contributed by atoms with E-state index in [9.17, 15) is 9.59 Å². The molecule has 1 fully saturated rings. The van der Waals surface area contributed by atoms with Crippen LogP contribution in [0, 0.1) is 0 Å². The number of aromatic nitrogens is 1. The van der Waals surface area contributed by atoms with E-state index in [1.807, 2.05) is 45.9 Å². The molecule has 0 saturated carbocycles. The SMILES string of the molecule is C[C@H]1CC[C@@H](C(=O)Cc2cccc(Br)n2)N1C(=O)OC(C)(C)C. The number of hydrogen-bond acceptors (Lipinski definition) is 4. The van der Waals surface area contributed by atoms with Gasteiger partial charge in [-0.15, -0.1) is 0 Å². The normalized spacial score (nSPS) is 21.3. The van der Waals surface area contributed by atoms with Gasteiger partial charge in [0, 0.05) is 11.7 Å². The molecule has 2 heterocycles. The average molecular weight is 383 g/mol. The van der Waals surface area contributed by atoms with Crippen LogP contribution in [-0.4, -0.2) is 39.4 Å². The Bertz CT molecular complexity index is 598. The van der Waals surface area contributed by atoms with Gasteiger partial charge < -0.3 is 4.74 Å². The molecule has 0 unspecified atom stereocenters. The Morgan fingerprint density at radius 3 is 2.65 bits per heavy atom. The van der Waals surface area contributed by atoms with Crippen molar-refractivity contribution >= 4 is 27.8 Å². The van der Waals surface area contributed by atoms with Gasteiger partial charge in [0.15, 0.2) is 5.78 Å². The van der Waals surface area contributed by atoms with Crippen LogP contribution in [0.2, 0.25) is 0 Å². The van der Waals surface area contributed by atoms with Crippen molar-refractivity contribution in [3.05, 3.63) is 28.5 Å². The Balaban J connectivity index is 2.10. The first-order valence-electron chi connectivity index (χ1n) is 7.83. The summed E-state index contributed by atoms with van der Waals surface area (Å²) in [5, 5.41) is 0. The van der Waals surface area contributed by atoms with Crippen molar-refractivity contribution in [1.82, 2.24) is 9.88 Å². The largest absolute Gasteiger partial charge is 0.444 e. The van der Waals surface area contributed by atoms with Gasteiger partial charge in [0.1, 0.15) is 10.2 Å². The van der Waals surface area contributed by atoms with Gasteiger partial charge in [0.2, 0.25) is 0 Å². The number of amides is 1. The van der Waals surface area contributed by atoms with Gasteiger partial charge in [0.25, 0.3) is 0 Å². The molecule has 1 aliphatic heterocycles. The maximum absolute atomic E-state index is 12.6. The molecule has 0 N–H and O–H groups in total. The van der Waals surface area contributed by atoms with Crippen molar-refractivity contribution in [1.29, 1.82) is 0 Å². The quantitative estimate of drug-likeness (QED) is 0.746. The Hall–Kier alpha value is -1.43. The maximum atomic E-state index is 12.6. The van der Waals surface area contributed by atoms with E-state index in [4.69, 9.17) is 4.74 Å². The van der Waals surface area contributed by atoms with E-state index in [1.54, 1.807) is 4.90 Å². The molecule has 1 saturated heterocycles. The van der Waals surface area contributed by atoms with Crippen LogP contribution in [0.1, 0.15) is 46.2 Å². The molecule has 5 nitrogen and oxygen atoms in total. The molecule has 0 aliphatic carbocycles. The summed E-state index contributed by atoms with van der Waals surface area (Å²) < 4.78 is 6.15. The molecular weight excluding hydrogens is 360 g/mol. The molecule has 6 heteroatoms. The number of pyridine rings is 1. The molecular formula is C17H23BrN2O3. The molecule has 1 aliphatic rings. The third-order valence-electron chi connectivity index (χ3n) is 3.77. The van der Waals surface area contributed by atoms with Crippen molar-refractivity contribution < 1.29 is 14.3 Å². The lowest BCUT2D eigenvalue weighted by molar-refractivity contribution is -0.123. The molecule has 126 valence electrons. The fraction of sp³-hybridized carbons (Fsp3) is 0.588. The molecule has 2 rings (SSSR count). The first-order valence-corrected chi connectivity index (χ1v) is 8.62. The van der Waals surface area contributed by atoms with Crippen molar-refractivity contribution in [2.45, 2.75) is 64.6 Å². The number of rotatable bonds is 3. The van der Waals surface area contributed by atoms with Gasteiger partial charge in [-0.25, -0.2) is 9.78 Å². The molecule has 0 aromatic carbocycles. The zero-order valence-corrected chi connectivity index (χ0v) is 15.6. The first-order chi connectivity index (χ1) is 10.7. The van der Waals surface area contributed by atoms with Crippen LogP contribution in [0.25, 0.3) is 0 Å². The number of Topliss-reactive ketones (excluding diaryl/α,β-unsaturated/α-hetero) is 1. The topological polar surface area (TPSA) is 59.5 Å². The van der Waals surface area contributed by atoms with Crippen LogP contribution < -0.4 is 0 Å². The number of halogens is 1. The fourth-order valence-electron chi connectivity index (χ4n) is 2.77. The van der Waals surface area contributed by atoms with Crippen molar-refractivity contribution in [3.63, 3.8) is 0 Å². The third-order valence-corrected chi connectivity index (χ3v) is 4.21. The molecule has 1 aromatic heterocycles. The maximum Gasteiger partial charge on any atom is 0.411 e. The van der Waals surface area contributed by atoms with E-state index in [2.05, 4.69) is 20.9 Å². The molecule has 1 aromatic rings. The standard InChI is InChI=1S/C17H23BrN2O3/c1-11-8-9-13(20(11)16(22)23-17(2,3)4)14(21)10-12-6-5-7-15(18)19-12/h5-7,11,13H,8-10H2,1-4H3/t11-,13-/m0/s1. The Morgan fingerprint density at radius 2 is 2.04 bits per heavy atom. The fourth-order valence-corrected chi connectivity index (χ4v) is 3.15. The Morgan fingerprint density at radius 1 is 1.35 bits per heavy atom. The van der Waals surface area contributed by atoms with Gasteiger partial charge in [0.05, 0.1) is 12.5 Å². The second-order valence-electron chi connectivity index (χ2n) is 6.92. The molecule has 0 spiro atoms. The monoisotopic (exact) mass is 382 g/mol. The van der Waals surface area contributed by atoms with Gasteiger partial charge in [-0.2, -0.15) is 0 Å². The van der Waals surface area contributed by atoms with Gasteiger partial charge in [-0.1, -0.05) is 6.07 Å². The van der Waals surface area contributed by atoms with E-state index in [0.29, 0.717) is 16.7 Å². The van der Waals surface area contributed by atoms with E-state index < -0.39 is 17.7 Å². The van der Waals surface area contributed by atoms with Gasteiger partial charge >= 0.3 is 6.09 Å². The Labute approximate surface area is 145 Å².